The highest BCUT2D eigenvalue weighted by atomic mass is 16.6. The van der Waals surface area contributed by atoms with Crippen LogP contribution in [-0.2, 0) is 16.6 Å². The lowest BCUT2D eigenvalue weighted by Gasteiger charge is -2.40. The molecule has 1 aliphatic heterocycles. The Labute approximate surface area is 155 Å². The van der Waals surface area contributed by atoms with Gasteiger partial charge >= 0.3 is 6.09 Å². The van der Waals surface area contributed by atoms with Gasteiger partial charge in [0.1, 0.15) is 5.82 Å². The molecule has 140 valence electrons. The highest BCUT2D eigenvalue weighted by molar-refractivity contribution is 5.67. The zero-order chi connectivity index (χ0) is 18.2. The number of unbranched alkanes of at least 4 members (excludes halogenated alkanes) is 1. The predicted molar refractivity (Wildman–Crippen MR) is 102 cm³/mol. The van der Waals surface area contributed by atoms with E-state index in [0.29, 0.717) is 6.61 Å². The van der Waals surface area contributed by atoms with E-state index in [4.69, 9.17) is 4.74 Å². The van der Waals surface area contributed by atoms with Gasteiger partial charge in [0.2, 0.25) is 0 Å². The van der Waals surface area contributed by atoms with Crippen LogP contribution in [0.25, 0.3) is 0 Å². The van der Waals surface area contributed by atoms with Crippen molar-refractivity contribution < 1.29 is 9.53 Å². The van der Waals surface area contributed by atoms with Crippen molar-refractivity contribution in [2.75, 3.05) is 19.7 Å². The SMILES string of the molecule is CCCCOC(=O)N1CCC(CCc2ccccc2)(c2ncc[nH]2)CC1. The number of carbonyl (C=O) groups is 1. The summed E-state index contributed by atoms with van der Waals surface area (Å²) in [7, 11) is 0. The van der Waals surface area contributed by atoms with E-state index in [0.717, 1.165) is 57.4 Å². The Bertz CT molecular complexity index is 662. The van der Waals surface area contributed by atoms with Crippen molar-refractivity contribution in [1.29, 1.82) is 0 Å². The molecule has 5 heteroatoms. The van der Waals surface area contributed by atoms with Crippen LogP contribution in [0.4, 0.5) is 4.79 Å². The van der Waals surface area contributed by atoms with Crippen LogP contribution < -0.4 is 0 Å². The number of piperidine rings is 1. The molecule has 1 aromatic heterocycles. The standard InChI is InChI=1S/C21H29N3O2/c1-2-3-17-26-20(25)24-15-11-21(12-16-24,19-22-13-14-23-19)10-9-18-7-5-4-6-8-18/h4-8,13-14H,2-3,9-12,15-17H2,1H3,(H,22,23). The summed E-state index contributed by atoms with van der Waals surface area (Å²) in [6.07, 6.45) is 9.38. The summed E-state index contributed by atoms with van der Waals surface area (Å²) in [5.74, 6) is 1.05. The van der Waals surface area contributed by atoms with Crippen molar-refractivity contribution in [2.24, 2.45) is 0 Å². The van der Waals surface area contributed by atoms with Gasteiger partial charge in [0.25, 0.3) is 0 Å². The molecular weight excluding hydrogens is 326 g/mol. The molecule has 0 spiro atoms. The number of imidazole rings is 1. The van der Waals surface area contributed by atoms with Crippen LogP contribution >= 0.6 is 0 Å². The number of benzene rings is 1. The van der Waals surface area contributed by atoms with Gasteiger partial charge in [0.15, 0.2) is 0 Å². The van der Waals surface area contributed by atoms with Crippen LogP contribution in [0, 0.1) is 0 Å². The van der Waals surface area contributed by atoms with E-state index in [-0.39, 0.29) is 11.5 Å². The molecular formula is C21H29N3O2. The number of hydrogen-bond acceptors (Lipinski definition) is 3. The maximum atomic E-state index is 12.2. The second kappa shape index (κ2) is 8.88. The first-order chi connectivity index (χ1) is 12.7. The number of aryl methyl sites for hydroxylation is 1. The third kappa shape index (κ3) is 4.45. The molecule has 1 aliphatic rings. The lowest BCUT2D eigenvalue weighted by Crippen LogP contribution is -2.46. The normalized spacial score (nSPS) is 16.4. The molecule has 1 N–H and O–H groups in total. The van der Waals surface area contributed by atoms with Crippen molar-refractivity contribution in [3.05, 3.63) is 54.1 Å². The molecule has 0 saturated carbocycles. The van der Waals surface area contributed by atoms with Gasteiger partial charge in [-0.3, -0.25) is 0 Å². The van der Waals surface area contributed by atoms with Gasteiger partial charge in [-0.15, -0.1) is 0 Å². The Kier molecular flexibility index (Phi) is 6.31. The van der Waals surface area contributed by atoms with Gasteiger partial charge in [-0.25, -0.2) is 9.78 Å². The number of carbonyl (C=O) groups excluding carboxylic acids is 1. The molecule has 1 saturated heterocycles. The molecule has 0 atom stereocenters. The fraction of sp³-hybridized carbons (Fsp3) is 0.524. The van der Waals surface area contributed by atoms with Crippen molar-refractivity contribution in [3.8, 4) is 0 Å². The number of rotatable bonds is 7. The van der Waals surface area contributed by atoms with Gasteiger partial charge in [-0.05, 0) is 37.7 Å². The minimum absolute atomic E-state index is 0.000456. The molecule has 3 rings (SSSR count). The summed E-state index contributed by atoms with van der Waals surface area (Å²) in [4.78, 5) is 22.0. The largest absolute Gasteiger partial charge is 0.449 e. The Morgan fingerprint density at radius 1 is 1.27 bits per heavy atom. The molecule has 1 fully saturated rings. The Hall–Kier alpha value is -2.30. The first-order valence-electron chi connectivity index (χ1n) is 9.69. The van der Waals surface area contributed by atoms with Crippen LogP contribution in [0.5, 0.6) is 0 Å². The molecule has 26 heavy (non-hydrogen) atoms. The molecule has 0 radical (unpaired) electrons. The number of nitrogens with one attached hydrogen (secondary N) is 1. The van der Waals surface area contributed by atoms with Crippen LogP contribution in [0.15, 0.2) is 42.7 Å². The van der Waals surface area contributed by atoms with Crippen LogP contribution in [-0.4, -0.2) is 40.7 Å². The lowest BCUT2D eigenvalue weighted by molar-refractivity contribution is 0.0787. The third-order valence-electron chi connectivity index (χ3n) is 5.44. The molecule has 1 amide bonds. The van der Waals surface area contributed by atoms with Gasteiger partial charge in [-0.2, -0.15) is 0 Å². The number of aromatic nitrogens is 2. The van der Waals surface area contributed by atoms with Crippen LogP contribution in [0.3, 0.4) is 0 Å². The Morgan fingerprint density at radius 3 is 2.69 bits per heavy atom. The first kappa shape index (κ1) is 18.5. The number of likely N-dealkylation sites (tertiary alicyclic amines) is 1. The Balaban J connectivity index is 1.63. The summed E-state index contributed by atoms with van der Waals surface area (Å²) < 4.78 is 5.37. The highest BCUT2D eigenvalue weighted by Crippen LogP contribution is 2.38. The molecule has 0 aliphatic carbocycles. The fourth-order valence-corrected chi connectivity index (χ4v) is 3.70. The number of H-pyrrole nitrogens is 1. The smallest absolute Gasteiger partial charge is 0.409 e. The lowest BCUT2D eigenvalue weighted by atomic mass is 9.73. The van der Waals surface area contributed by atoms with Crippen molar-refractivity contribution in [3.63, 3.8) is 0 Å². The summed E-state index contributed by atoms with van der Waals surface area (Å²) in [6.45, 7) is 4.06. The summed E-state index contributed by atoms with van der Waals surface area (Å²) in [5, 5.41) is 0. The van der Waals surface area contributed by atoms with Gasteiger partial charge in [0, 0.05) is 30.9 Å². The molecule has 5 nitrogen and oxygen atoms in total. The fourth-order valence-electron chi connectivity index (χ4n) is 3.70. The molecule has 0 unspecified atom stereocenters. The maximum Gasteiger partial charge on any atom is 0.409 e. The van der Waals surface area contributed by atoms with E-state index >= 15 is 0 Å². The molecule has 2 aromatic rings. The van der Waals surface area contributed by atoms with E-state index in [2.05, 4.69) is 47.2 Å². The van der Waals surface area contributed by atoms with Gasteiger partial charge < -0.3 is 14.6 Å². The van der Waals surface area contributed by atoms with E-state index in [1.54, 1.807) is 0 Å². The first-order valence-corrected chi connectivity index (χ1v) is 9.69. The molecule has 0 bridgehead atoms. The maximum absolute atomic E-state index is 12.2. The Morgan fingerprint density at radius 2 is 2.04 bits per heavy atom. The number of hydrogen-bond donors (Lipinski definition) is 1. The van der Waals surface area contributed by atoms with E-state index < -0.39 is 0 Å². The minimum atomic E-state index is -0.172. The van der Waals surface area contributed by atoms with Gasteiger partial charge in [-0.1, -0.05) is 43.7 Å². The predicted octanol–water partition coefficient (Wildman–Crippen LogP) is 4.31. The number of ether oxygens (including phenoxy) is 1. The van der Waals surface area contributed by atoms with Crippen LogP contribution in [0.2, 0.25) is 0 Å². The zero-order valence-electron chi connectivity index (χ0n) is 15.6. The second-order valence-corrected chi connectivity index (χ2v) is 7.16. The number of nitrogens with zero attached hydrogens (tertiary/aromatic N) is 2. The van der Waals surface area contributed by atoms with E-state index in [1.165, 1.54) is 5.56 Å². The topological polar surface area (TPSA) is 58.2 Å². The van der Waals surface area contributed by atoms with Crippen molar-refractivity contribution >= 4 is 6.09 Å². The molecule has 1 aromatic carbocycles. The summed E-state index contributed by atoms with van der Waals surface area (Å²) in [6, 6.07) is 10.6. The average molecular weight is 355 g/mol. The summed E-state index contributed by atoms with van der Waals surface area (Å²) in [5.41, 5.74) is 1.35. The molecule has 2 heterocycles. The van der Waals surface area contributed by atoms with Gasteiger partial charge in [0.05, 0.1) is 6.61 Å². The second-order valence-electron chi connectivity index (χ2n) is 7.16. The quantitative estimate of drug-likeness (QED) is 0.753. The van der Waals surface area contributed by atoms with Crippen molar-refractivity contribution in [2.45, 2.75) is 50.9 Å². The number of aromatic amines is 1. The van der Waals surface area contributed by atoms with E-state index in [9.17, 15) is 4.79 Å². The number of amides is 1. The monoisotopic (exact) mass is 355 g/mol. The average Bonchev–Trinajstić information content (AvgIpc) is 3.23. The van der Waals surface area contributed by atoms with Crippen molar-refractivity contribution in [1.82, 2.24) is 14.9 Å². The minimum Gasteiger partial charge on any atom is -0.449 e. The van der Waals surface area contributed by atoms with Crippen LogP contribution in [0.1, 0.15) is 50.4 Å². The van der Waals surface area contributed by atoms with E-state index in [1.807, 2.05) is 17.3 Å². The summed E-state index contributed by atoms with van der Waals surface area (Å²) >= 11 is 0. The third-order valence-corrected chi connectivity index (χ3v) is 5.44. The zero-order valence-corrected chi connectivity index (χ0v) is 15.6. The highest BCUT2D eigenvalue weighted by Gasteiger charge is 2.39.